The predicted octanol–water partition coefficient (Wildman–Crippen LogP) is -0.442. The quantitative estimate of drug-likeness (QED) is 0.561. The number of benzene rings is 1. The van der Waals surface area contributed by atoms with Gasteiger partial charge in [-0.3, -0.25) is 14.5 Å². The van der Waals surface area contributed by atoms with Crippen molar-refractivity contribution in [2.45, 2.75) is 11.3 Å². The van der Waals surface area contributed by atoms with Crippen LogP contribution in [0.4, 0.5) is 0 Å². The zero-order valence-electron chi connectivity index (χ0n) is 14.4. The second kappa shape index (κ2) is 9.31. The van der Waals surface area contributed by atoms with Crippen LogP contribution in [-0.4, -0.2) is 70.9 Å². The Balaban J connectivity index is 0.00000243. The Bertz CT molecular complexity index is 763. The van der Waals surface area contributed by atoms with Crippen LogP contribution in [-0.2, 0) is 14.8 Å². The van der Waals surface area contributed by atoms with Crippen molar-refractivity contribution < 1.29 is 13.2 Å². The van der Waals surface area contributed by atoms with E-state index in [2.05, 4.69) is 25.2 Å². The lowest BCUT2D eigenvalue weighted by Crippen LogP contribution is -2.44. The number of fused-ring (bicyclic) bond motifs is 1. The molecule has 0 aromatic heterocycles. The zero-order chi connectivity index (χ0) is 17.7. The number of nitrogens with zero attached hydrogens (tertiary/aromatic N) is 2. The van der Waals surface area contributed by atoms with Gasteiger partial charge in [-0.2, -0.15) is 0 Å². The molecular weight excluding hydrogens is 378 g/mol. The Morgan fingerprint density at radius 2 is 1.96 bits per heavy atom. The van der Waals surface area contributed by atoms with Crippen molar-refractivity contribution in [1.82, 2.24) is 20.3 Å². The number of piperazine rings is 1. The Hall–Kier alpha value is -1.68. The monoisotopic (exact) mass is 401 g/mol. The van der Waals surface area contributed by atoms with E-state index in [1.165, 1.54) is 6.07 Å². The van der Waals surface area contributed by atoms with Crippen LogP contribution in [0.25, 0.3) is 0 Å². The van der Waals surface area contributed by atoms with Crippen LogP contribution in [0.5, 0.6) is 0 Å². The summed E-state index contributed by atoms with van der Waals surface area (Å²) >= 11 is 0. The molecule has 26 heavy (non-hydrogen) atoms. The van der Waals surface area contributed by atoms with Gasteiger partial charge in [0, 0.05) is 38.3 Å². The van der Waals surface area contributed by atoms with Crippen molar-refractivity contribution in [3.05, 3.63) is 29.8 Å². The number of sulfonamides is 1. The van der Waals surface area contributed by atoms with Crippen molar-refractivity contribution in [3.8, 4) is 0 Å². The smallest absolute Gasteiger partial charge is 0.263 e. The number of carbonyl (C=O) groups is 1. The minimum absolute atomic E-state index is 0. The largest absolute Gasteiger partial charge is 0.354 e. The van der Waals surface area contributed by atoms with Crippen LogP contribution in [0.2, 0.25) is 0 Å². The summed E-state index contributed by atoms with van der Waals surface area (Å²) < 4.78 is 26.3. The Morgan fingerprint density at radius 3 is 2.73 bits per heavy atom. The van der Waals surface area contributed by atoms with Gasteiger partial charge in [0.25, 0.3) is 10.0 Å². The molecule has 10 heteroatoms. The van der Waals surface area contributed by atoms with E-state index in [4.69, 9.17) is 0 Å². The number of carbonyl (C=O) groups excluding carboxylic acids is 1. The van der Waals surface area contributed by atoms with Crippen molar-refractivity contribution in [2.24, 2.45) is 4.99 Å². The lowest BCUT2D eigenvalue weighted by atomic mass is 10.2. The molecule has 1 fully saturated rings. The summed E-state index contributed by atoms with van der Waals surface area (Å²) in [6.45, 7) is 5.57. The van der Waals surface area contributed by atoms with E-state index in [0.29, 0.717) is 12.1 Å². The maximum absolute atomic E-state index is 12.0. The number of hydrogen-bond donors (Lipinski definition) is 3. The van der Waals surface area contributed by atoms with Crippen LogP contribution < -0.4 is 15.4 Å². The molecule has 0 aliphatic carbocycles. The number of amidine groups is 1. The van der Waals surface area contributed by atoms with Crippen molar-refractivity contribution in [2.75, 3.05) is 45.8 Å². The summed E-state index contributed by atoms with van der Waals surface area (Å²) in [4.78, 5) is 18.6. The maximum atomic E-state index is 12.0. The Labute approximate surface area is 159 Å². The Kier molecular flexibility index (Phi) is 7.39. The predicted molar refractivity (Wildman–Crippen MR) is 102 cm³/mol. The van der Waals surface area contributed by atoms with E-state index in [0.717, 1.165) is 39.1 Å². The highest BCUT2D eigenvalue weighted by Crippen LogP contribution is 2.21. The van der Waals surface area contributed by atoms with Gasteiger partial charge >= 0.3 is 0 Å². The highest BCUT2D eigenvalue weighted by atomic mass is 35.5. The molecule has 2 heterocycles. The molecule has 0 bridgehead atoms. The number of hydrogen-bond acceptors (Lipinski definition) is 6. The molecule has 0 unspecified atom stereocenters. The first-order chi connectivity index (χ1) is 12.1. The Morgan fingerprint density at radius 1 is 1.23 bits per heavy atom. The van der Waals surface area contributed by atoms with Gasteiger partial charge in [-0.15, -0.1) is 12.4 Å². The van der Waals surface area contributed by atoms with Gasteiger partial charge in [0.1, 0.15) is 12.4 Å². The highest BCUT2D eigenvalue weighted by molar-refractivity contribution is 7.90. The molecule has 0 atom stereocenters. The van der Waals surface area contributed by atoms with Crippen molar-refractivity contribution >= 4 is 34.2 Å². The lowest BCUT2D eigenvalue weighted by molar-refractivity contribution is -0.119. The summed E-state index contributed by atoms with van der Waals surface area (Å²) in [5.74, 6) is 0.0166. The molecule has 0 radical (unpaired) electrons. The van der Waals surface area contributed by atoms with E-state index in [1.807, 2.05) is 0 Å². The van der Waals surface area contributed by atoms with E-state index >= 15 is 0 Å². The fraction of sp³-hybridized carbons (Fsp3) is 0.500. The average Bonchev–Trinajstić information content (AvgIpc) is 2.89. The second-order valence-corrected chi connectivity index (χ2v) is 7.71. The second-order valence-electron chi connectivity index (χ2n) is 6.06. The summed E-state index contributed by atoms with van der Waals surface area (Å²) in [6.07, 6.45) is 0.887. The molecule has 3 rings (SSSR count). The summed E-state index contributed by atoms with van der Waals surface area (Å²) in [6, 6.07) is 6.60. The SMILES string of the molecule is Cl.O=C(CN=C1NS(=O)(=O)c2ccccc21)NCCCN1CCNCC1. The van der Waals surface area contributed by atoms with Crippen LogP contribution in [0.3, 0.4) is 0 Å². The minimum atomic E-state index is -3.56. The highest BCUT2D eigenvalue weighted by Gasteiger charge is 2.30. The molecule has 144 valence electrons. The molecule has 2 aliphatic heterocycles. The molecule has 0 spiro atoms. The molecule has 2 aliphatic rings. The van der Waals surface area contributed by atoms with Crippen molar-refractivity contribution in [1.29, 1.82) is 0 Å². The van der Waals surface area contributed by atoms with Crippen molar-refractivity contribution in [3.63, 3.8) is 0 Å². The van der Waals surface area contributed by atoms with Gasteiger partial charge in [-0.25, -0.2) is 8.42 Å². The molecule has 1 saturated heterocycles. The first-order valence-corrected chi connectivity index (χ1v) is 9.91. The third kappa shape index (κ3) is 5.16. The first kappa shape index (κ1) is 20.6. The number of rotatable bonds is 6. The third-order valence-corrected chi connectivity index (χ3v) is 5.62. The average molecular weight is 402 g/mol. The summed E-state index contributed by atoms with van der Waals surface area (Å²) in [5, 5.41) is 6.13. The van der Waals surface area contributed by atoms with E-state index in [-0.39, 0.29) is 35.6 Å². The van der Waals surface area contributed by atoms with Crippen LogP contribution in [0.1, 0.15) is 12.0 Å². The van der Waals surface area contributed by atoms with Gasteiger partial charge in [-0.05, 0) is 25.1 Å². The number of nitrogens with one attached hydrogen (secondary N) is 3. The normalized spacial score (nSPS) is 20.1. The van der Waals surface area contributed by atoms with E-state index in [9.17, 15) is 13.2 Å². The molecule has 8 nitrogen and oxygen atoms in total. The lowest BCUT2D eigenvalue weighted by Gasteiger charge is -2.27. The molecule has 1 aromatic carbocycles. The van der Waals surface area contributed by atoms with Gasteiger partial charge < -0.3 is 15.5 Å². The van der Waals surface area contributed by atoms with Crippen LogP contribution >= 0.6 is 12.4 Å². The molecule has 0 saturated carbocycles. The first-order valence-electron chi connectivity index (χ1n) is 8.43. The standard InChI is InChI=1S/C16H23N5O3S.ClH/c22-15(18-6-3-9-21-10-7-17-8-11-21)12-19-16-13-4-1-2-5-14(13)25(23,24)20-16;/h1-2,4-5,17H,3,6-12H2,(H,18,22)(H,19,20);1H. The molecule has 1 amide bonds. The van der Waals surface area contributed by atoms with Gasteiger partial charge in [0.2, 0.25) is 5.91 Å². The maximum Gasteiger partial charge on any atom is 0.263 e. The van der Waals surface area contributed by atoms with E-state index < -0.39 is 10.0 Å². The van der Waals surface area contributed by atoms with E-state index in [1.54, 1.807) is 18.2 Å². The zero-order valence-corrected chi connectivity index (χ0v) is 16.0. The fourth-order valence-corrected chi connectivity index (χ4v) is 4.17. The number of aliphatic imine (C=N–C) groups is 1. The van der Waals surface area contributed by atoms with Crippen LogP contribution in [0.15, 0.2) is 34.2 Å². The summed E-state index contributed by atoms with van der Waals surface area (Å²) in [7, 11) is -3.56. The molecule has 1 aromatic rings. The minimum Gasteiger partial charge on any atom is -0.354 e. The van der Waals surface area contributed by atoms with Crippen LogP contribution in [0, 0.1) is 0 Å². The summed E-state index contributed by atoms with van der Waals surface area (Å²) in [5.41, 5.74) is 0.508. The topological polar surface area (TPSA) is 103 Å². The van der Waals surface area contributed by atoms with Gasteiger partial charge in [-0.1, -0.05) is 12.1 Å². The molecular formula is C16H24ClN5O3S. The third-order valence-electron chi connectivity index (χ3n) is 4.23. The van der Waals surface area contributed by atoms with Gasteiger partial charge in [0.05, 0.1) is 4.90 Å². The number of amides is 1. The molecule has 3 N–H and O–H groups in total. The van der Waals surface area contributed by atoms with Gasteiger partial charge in [0.15, 0.2) is 0 Å². The number of halogens is 1. The fourth-order valence-electron chi connectivity index (χ4n) is 2.92.